The number of hydrogen-bond donors (Lipinski definition) is 2. The third-order valence-corrected chi connectivity index (χ3v) is 4.57. The third kappa shape index (κ3) is 2.95. The summed E-state index contributed by atoms with van der Waals surface area (Å²) in [5.74, 6) is -1.02. The summed E-state index contributed by atoms with van der Waals surface area (Å²) in [5.41, 5.74) is 3.66. The highest BCUT2D eigenvalue weighted by Crippen LogP contribution is 2.24. The lowest BCUT2D eigenvalue weighted by atomic mass is 10.1. The molecule has 8 heteroatoms. The molecule has 0 bridgehead atoms. The maximum atomic E-state index is 12.4. The monoisotopic (exact) mass is 363 g/mol. The molecule has 27 heavy (non-hydrogen) atoms. The van der Waals surface area contributed by atoms with Crippen LogP contribution in [0.2, 0.25) is 0 Å². The molecule has 136 valence electrons. The van der Waals surface area contributed by atoms with Gasteiger partial charge in [-0.15, -0.1) is 0 Å². The van der Waals surface area contributed by atoms with E-state index >= 15 is 0 Å². The molecule has 2 N–H and O–H groups in total. The van der Waals surface area contributed by atoms with Crippen LogP contribution < -0.4 is 5.32 Å². The number of aromatic nitrogens is 3. The number of aromatic amines is 1. The lowest BCUT2D eigenvalue weighted by molar-refractivity contribution is -0.116. The van der Waals surface area contributed by atoms with Crippen molar-refractivity contribution in [2.75, 3.05) is 11.9 Å². The topological polar surface area (TPSA) is 108 Å². The van der Waals surface area contributed by atoms with E-state index in [0.717, 1.165) is 21.5 Å². The summed E-state index contributed by atoms with van der Waals surface area (Å²) in [7, 11) is 0. The van der Waals surface area contributed by atoms with Gasteiger partial charge in [0.2, 0.25) is 5.91 Å². The van der Waals surface area contributed by atoms with Crippen LogP contribution in [0.25, 0.3) is 11.0 Å². The largest absolute Gasteiger partial charge is 0.325 e. The second-order valence-corrected chi connectivity index (χ2v) is 6.55. The first-order chi connectivity index (χ1) is 12.9. The first kappa shape index (κ1) is 16.9. The fourth-order valence-corrected chi connectivity index (χ4v) is 3.13. The molecule has 3 heterocycles. The van der Waals surface area contributed by atoms with E-state index in [0.29, 0.717) is 22.5 Å². The molecule has 3 amide bonds. The fraction of sp³-hybridized carbons (Fsp3) is 0.211. The average molecular weight is 363 g/mol. The van der Waals surface area contributed by atoms with E-state index in [-0.39, 0.29) is 30.7 Å². The molecule has 0 saturated heterocycles. The van der Waals surface area contributed by atoms with Gasteiger partial charge >= 0.3 is 0 Å². The summed E-state index contributed by atoms with van der Waals surface area (Å²) in [6.07, 6.45) is 1.53. The number of amides is 3. The Bertz CT molecular complexity index is 1100. The van der Waals surface area contributed by atoms with E-state index in [1.165, 1.54) is 6.20 Å². The summed E-state index contributed by atoms with van der Waals surface area (Å²) < 4.78 is 0. The number of aryl methyl sites for hydroxylation is 2. The molecule has 1 aliphatic rings. The van der Waals surface area contributed by atoms with Crippen molar-refractivity contribution in [3.8, 4) is 0 Å². The van der Waals surface area contributed by atoms with Gasteiger partial charge in [-0.25, -0.2) is 4.98 Å². The van der Waals surface area contributed by atoms with Crippen molar-refractivity contribution < 1.29 is 14.4 Å². The molecule has 1 aromatic carbocycles. The fourth-order valence-electron chi connectivity index (χ4n) is 3.13. The van der Waals surface area contributed by atoms with E-state index in [4.69, 9.17) is 0 Å². The number of benzene rings is 1. The molecule has 0 fully saturated rings. The number of pyridine rings is 1. The van der Waals surface area contributed by atoms with Crippen LogP contribution in [0, 0.1) is 13.8 Å². The summed E-state index contributed by atoms with van der Waals surface area (Å²) in [6.45, 7) is 3.75. The minimum atomic E-state index is -0.361. The minimum Gasteiger partial charge on any atom is -0.325 e. The maximum Gasteiger partial charge on any atom is 0.261 e. The zero-order chi connectivity index (χ0) is 19.1. The predicted octanol–water partition coefficient (Wildman–Crippen LogP) is 2.20. The van der Waals surface area contributed by atoms with Crippen LogP contribution in [0.4, 0.5) is 5.69 Å². The van der Waals surface area contributed by atoms with Gasteiger partial charge in [0.15, 0.2) is 5.65 Å². The van der Waals surface area contributed by atoms with Gasteiger partial charge in [0.1, 0.15) is 0 Å². The Morgan fingerprint density at radius 2 is 1.93 bits per heavy atom. The highest BCUT2D eigenvalue weighted by molar-refractivity contribution is 6.21. The lowest BCUT2D eigenvalue weighted by Gasteiger charge is -2.13. The zero-order valence-electron chi connectivity index (χ0n) is 14.9. The maximum absolute atomic E-state index is 12.4. The molecule has 3 aromatic rings. The van der Waals surface area contributed by atoms with E-state index in [1.807, 2.05) is 13.8 Å². The SMILES string of the molecule is Cc1ccc2c(c1)C(=O)N(CCC(=O)Nc1cnc3n[nH]c(C)c3c1)C2=O. The molecule has 0 spiro atoms. The van der Waals surface area contributed by atoms with Gasteiger partial charge in [-0.05, 0) is 32.0 Å². The van der Waals surface area contributed by atoms with Gasteiger partial charge in [0.25, 0.3) is 11.8 Å². The van der Waals surface area contributed by atoms with Gasteiger partial charge in [-0.3, -0.25) is 24.4 Å². The number of rotatable bonds is 4. The van der Waals surface area contributed by atoms with Crippen LogP contribution in [-0.4, -0.2) is 44.3 Å². The van der Waals surface area contributed by atoms with E-state index < -0.39 is 0 Å². The van der Waals surface area contributed by atoms with E-state index in [2.05, 4.69) is 20.5 Å². The summed E-state index contributed by atoms with van der Waals surface area (Å²) >= 11 is 0. The first-order valence-electron chi connectivity index (χ1n) is 8.51. The number of carbonyl (C=O) groups is 3. The van der Waals surface area contributed by atoms with Gasteiger partial charge in [0.05, 0.1) is 23.0 Å². The first-order valence-corrected chi connectivity index (χ1v) is 8.51. The van der Waals surface area contributed by atoms with Gasteiger partial charge < -0.3 is 5.32 Å². The molecule has 0 aliphatic carbocycles. The van der Waals surface area contributed by atoms with Crippen molar-refractivity contribution in [3.63, 3.8) is 0 Å². The molecule has 0 saturated carbocycles. The quantitative estimate of drug-likeness (QED) is 0.691. The lowest BCUT2D eigenvalue weighted by Crippen LogP contribution is -2.32. The van der Waals surface area contributed by atoms with Crippen molar-refractivity contribution in [1.29, 1.82) is 0 Å². The predicted molar refractivity (Wildman–Crippen MR) is 98.4 cm³/mol. The van der Waals surface area contributed by atoms with Crippen molar-refractivity contribution in [3.05, 3.63) is 52.8 Å². The van der Waals surface area contributed by atoms with Crippen molar-refractivity contribution in [1.82, 2.24) is 20.1 Å². The molecule has 1 aliphatic heterocycles. The van der Waals surface area contributed by atoms with Crippen molar-refractivity contribution in [2.45, 2.75) is 20.3 Å². The Morgan fingerprint density at radius 1 is 1.15 bits per heavy atom. The Balaban J connectivity index is 1.42. The number of nitrogens with zero attached hydrogens (tertiary/aromatic N) is 3. The van der Waals surface area contributed by atoms with Gasteiger partial charge in [-0.2, -0.15) is 5.10 Å². The summed E-state index contributed by atoms with van der Waals surface area (Å²) in [5, 5.41) is 10.4. The van der Waals surface area contributed by atoms with Crippen molar-refractivity contribution in [2.24, 2.45) is 0 Å². The third-order valence-electron chi connectivity index (χ3n) is 4.57. The number of nitrogens with one attached hydrogen (secondary N) is 2. The number of hydrogen-bond acceptors (Lipinski definition) is 5. The summed E-state index contributed by atoms with van der Waals surface area (Å²) in [4.78, 5) is 42.4. The normalized spacial score (nSPS) is 13.3. The van der Waals surface area contributed by atoms with Crippen LogP contribution in [0.15, 0.2) is 30.5 Å². The smallest absolute Gasteiger partial charge is 0.261 e. The number of anilines is 1. The molecule has 2 aromatic heterocycles. The van der Waals surface area contributed by atoms with Crippen LogP contribution in [0.5, 0.6) is 0 Å². The molecular formula is C19H17N5O3. The Kier molecular flexibility index (Phi) is 3.95. The number of fused-ring (bicyclic) bond motifs is 2. The molecular weight excluding hydrogens is 346 g/mol. The molecule has 0 radical (unpaired) electrons. The number of carbonyl (C=O) groups excluding carboxylic acids is 3. The van der Waals surface area contributed by atoms with Crippen LogP contribution in [0.1, 0.15) is 38.4 Å². The van der Waals surface area contributed by atoms with Crippen LogP contribution in [-0.2, 0) is 4.79 Å². The van der Waals surface area contributed by atoms with E-state index in [1.54, 1.807) is 24.3 Å². The zero-order valence-corrected chi connectivity index (χ0v) is 14.9. The minimum absolute atomic E-state index is 0.00680. The van der Waals surface area contributed by atoms with Crippen LogP contribution in [0.3, 0.4) is 0 Å². The van der Waals surface area contributed by atoms with Crippen molar-refractivity contribution >= 4 is 34.4 Å². The standard InChI is InChI=1S/C19H17N5O3/c1-10-3-4-13-15(7-10)19(27)24(18(13)26)6-5-16(25)21-12-8-14-11(2)22-23-17(14)20-9-12/h3-4,7-9H,5-6H2,1-2H3,(H,21,25)(H,20,22,23). The second kappa shape index (κ2) is 6.31. The molecule has 0 atom stereocenters. The Morgan fingerprint density at radius 3 is 2.74 bits per heavy atom. The molecule has 0 unspecified atom stereocenters. The van der Waals surface area contributed by atoms with E-state index in [9.17, 15) is 14.4 Å². The number of imide groups is 1. The van der Waals surface area contributed by atoms with Gasteiger partial charge in [-0.1, -0.05) is 11.6 Å². The van der Waals surface area contributed by atoms with Crippen LogP contribution >= 0.6 is 0 Å². The molecule has 4 rings (SSSR count). The highest BCUT2D eigenvalue weighted by Gasteiger charge is 2.35. The summed E-state index contributed by atoms with van der Waals surface area (Å²) in [6, 6.07) is 6.92. The molecule has 8 nitrogen and oxygen atoms in total. The Hall–Kier alpha value is -3.55. The highest BCUT2D eigenvalue weighted by atomic mass is 16.2. The number of H-pyrrole nitrogens is 1. The van der Waals surface area contributed by atoms with Gasteiger partial charge in [0, 0.05) is 24.0 Å². The average Bonchev–Trinajstić information content (AvgIpc) is 3.12. The Labute approximate surface area is 154 Å². The second-order valence-electron chi connectivity index (χ2n) is 6.55.